The van der Waals surface area contributed by atoms with Crippen molar-refractivity contribution in [3.8, 4) is 11.5 Å². The van der Waals surface area contributed by atoms with Crippen LogP contribution in [0.15, 0.2) is 54.6 Å². The summed E-state index contributed by atoms with van der Waals surface area (Å²) in [6.45, 7) is 0. The molecule has 0 bridgehead atoms. The lowest BCUT2D eigenvalue weighted by Crippen LogP contribution is -2.26. The zero-order valence-electron chi connectivity index (χ0n) is 19.1. The number of aldehydes is 1. The van der Waals surface area contributed by atoms with Gasteiger partial charge in [-0.25, -0.2) is 9.59 Å². The molecule has 1 N–H and O–H groups in total. The van der Waals surface area contributed by atoms with E-state index >= 15 is 0 Å². The summed E-state index contributed by atoms with van der Waals surface area (Å²) in [5.41, 5.74) is 0.305. The van der Waals surface area contributed by atoms with Crippen LogP contribution in [0.1, 0.15) is 62.1 Å². The molecule has 3 amide bonds. The molecule has 0 fully saturated rings. The normalized spacial score (nSPS) is 12.1. The topological polar surface area (TPSA) is 136 Å². The number of benzene rings is 3. The van der Waals surface area contributed by atoms with Crippen LogP contribution in [0, 0.1) is 0 Å². The average Bonchev–Trinajstić information content (AvgIpc) is 3.12. The van der Waals surface area contributed by atoms with Crippen molar-refractivity contribution in [1.29, 1.82) is 0 Å². The number of nitrogens with one attached hydrogen (secondary N) is 1. The summed E-state index contributed by atoms with van der Waals surface area (Å²) in [5, 5.41) is 2.40. The molecule has 0 atom stereocenters. The SMILES string of the molecule is [B]N1C(=O)c2ccc(C(=O)Oc3ccc(OC(=O)c4ccc(C=O)c(C(=O)NC)c4)[c]([Al])c3)cc2C1=O. The molecule has 12 heteroatoms. The summed E-state index contributed by atoms with van der Waals surface area (Å²) < 4.78 is 11.1. The van der Waals surface area contributed by atoms with Gasteiger partial charge in [0.25, 0.3) is 5.91 Å². The van der Waals surface area contributed by atoms with Gasteiger partial charge in [0, 0.05) is 12.6 Å². The number of carbonyl (C=O) groups is 6. The first kappa shape index (κ1) is 25.6. The number of ether oxygens (including phenoxy) is 2. The van der Waals surface area contributed by atoms with E-state index in [0.717, 1.165) is 0 Å². The van der Waals surface area contributed by atoms with Crippen molar-refractivity contribution in [2.45, 2.75) is 0 Å². The zero-order valence-corrected chi connectivity index (χ0v) is 20.3. The monoisotopic (exact) mass is 508 g/mol. The molecule has 10 nitrogen and oxygen atoms in total. The van der Waals surface area contributed by atoms with Crippen LogP contribution in [0.3, 0.4) is 0 Å². The fourth-order valence-corrected chi connectivity index (χ4v) is 3.83. The number of amides is 3. The summed E-state index contributed by atoms with van der Waals surface area (Å²) in [4.78, 5) is 72.8. The third-order valence-electron chi connectivity index (χ3n) is 5.44. The van der Waals surface area contributed by atoms with Crippen molar-refractivity contribution in [2.24, 2.45) is 0 Å². The summed E-state index contributed by atoms with van der Waals surface area (Å²) in [6.07, 6.45) is 0.507. The summed E-state index contributed by atoms with van der Waals surface area (Å²) in [5.74, 6) is -3.23. The van der Waals surface area contributed by atoms with Crippen LogP contribution in [-0.2, 0) is 0 Å². The number of fused-ring (bicyclic) bond motifs is 1. The Bertz CT molecular complexity index is 1520. The molecule has 0 spiro atoms. The van der Waals surface area contributed by atoms with Crippen molar-refractivity contribution in [1.82, 2.24) is 10.1 Å². The minimum Gasteiger partial charge on any atom is -0.424 e. The number of imide groups is 1. The van der Waals surface area contributed by atoms with Gasteiger partial charge in [-0.05, 0) is 48.5 Å². The second kappa shape index (κ2) is 10.2. The Labute approximate surface area is 219 Å². The molecule has 0 saturated carbocycles. The second-order valence-corrected chi connectivity index (χ2v) is 8.34. The number of carbonyl (C=O) groups excluding carboxylic acids is 6. The van der Waals surface area contributed by atoms with Gasteiger partial charge in [0.15, 0.2) is 22.6 Å². The third kappa shape index (κ3) is 4.93. The molecule has 0 aliphatic carbocycles. The highest BCUT2D eigenvalue weighted by Gasteiger charge is 2.32. The Hall–Kier alpha value is -4.52. The molecule has 0 saturated heterocycles. The lowest BCUT2D eigenvalue weighted by molar-refractivity contribution is 0.0720. The Balaban J connectivity index is 1.49. The standard InChI is InChI=1S/C25H14BN2O8.Al/c1-27-21(30)19-10-13(2-3-15(19)12-29)24(33)35-16-5-7-17(8-6-16)36-25(34)14-4-9-18-20(11-14)23(32)28(26)22(18)31;/h2-5,7-12H,1H3,(H,27,30);. The number of hydrogen-bond donors (Lipinski definition) is 1. The summed E-state index contributed by atoms with van der Waals surface area (Å²) in [7, 11) is 6.81. The van der Waals surface area contributed by atoms with E-state index in [4.69, 9.17) is 17.5 Å². The maximum atomic E-state index is 12.6. The second-order valence-electron chi connectivity index (χ2n) is 7.72. The predicted molar refractivity (Wildman–Crippen MR) is 130 cm³/mol. The fourth-order valence-electron chi connectivity index (χ4n) is 3.51. The maximum absolute atomic E-state index is 12.6. The highest BCUT2D eigenvalue weighted by Crippen LogP contribution is 2.24. The molecule has 1 aliphatic heterocycles. The van der Waals surface area contributed by atoms with Crippen molar-refractivity contribution < 1.29 is 38.2 Å². The van der Waals surface area contributed by atoms with Crippen LogP contribution in [0.25, 0.3) is 0 Å². The zero-order chi connectivity index (χ0) is 26.9. The van der Waals surface area contributed by atoms with E-state index in [1.807, 2.05) is 0 Å². The first-order valence-corrected chi connectivity index (χ1v) is 11.1. The van der Waals surface area contributed by atoms with Gasteiger partial charge >= 0.3 is 11.9 Å². The lowest BCUT2D eigenvalue weighted by Gasteiger charge is -2.12. The minimum atomic E-state index is -0.787. The first-order chi connectivity index (χ1) is 17.6. The van der Waals surface area contributed by atoms with Crippen LogP contribution in [0.2, 0.25) is 0 Å². The Morgan fingerprint density at radius 3 is 2.22 bits per heavy atom. The van der Waals surface area contributed by atoms with Crippen molar-refractivity contribution >= 4 is 64.6 Å². The lowest BCUT2D eigenvalue weighted by atomic mass is 10.0. The van der Waals surface area contributed by atoms with E-state index < -0.39 is 29.7 Å². The molecule has 4 rings (SSSR count). The van der Waals surface area contributed by atoms with Crippen molar-refractivity contribution in [3.05, 3.63) is 88.0 Å². The van der Waals surface area contributed by atoms with Crippen LogP contribution in [-0.4, -0.2) is 72.1 Å². The third-order valence-corrected chi connectivity index (χ3v) is 5.89. The average molecular weight is 508 g/mol. The van der Waals surface area contributed by atoms with Crippen LogP contribution in [0.5, 0.6) is 11.5 Å². The molecular formula is C25H14AlBN2O8. The van der Waals surface area contributed by atoms with Gasteiger partial charge in [-0.15, -0.1) is 0 Å². The molecule has 3 aromatic carbocycles. The van der Waals surface area contributed by atoms with E-state index in [2.05, 4.69) is 21.6 Å². The Morgan fingerprint density at radius 1 is 0.892 bits per heavy atom. The van der Waals surface area contributed by atoms with Crippen molar-refractivity contribution in [3.63, 3.8) is 0 Å². The molecule has 1 heterocycles. The minimum absolute atomic E-state index is 0.00306. The van der Waals surface area contributed by atoms with Crippen LogP contribution in [0.4, 0.5) is 0 Å². The van der Waals surface area contributed by atoms with Gasteiger partial charge in [-0.1, -0.05) is 10.5 Å². The largest absolute Gasteiger partial charge is 0.424 e. The molecule has 178 valence electrons. The van der Waals surface area contributed by atoms with Gasteiger partial charge in [-0.3, -0.25) is 19.2 Å². The van der Waals surface area contributed by atoms with Crippen molar-refractivity contribution in [2.75, 3.05) is 7.05 Å². The van der Waals surface area contributed by atoms with Gasteiger partial charge in [0.05, 0.1) is 27.8 Å². The van der Waals surface area contributed by atoms with Gasteiger partial charge < -0.3 is 19.6 Å². The van der Waals surface area contributed by atoms with Gasteiger partial charge in [0.2, 0.25) is 19.8 Å². The first-order valence-electron chi connectivity index (χ1n) is 10.6. The molecule has 4 radical (unpaired) electrons. The highest BCUT2D eigenvalue weighted by atomic mass is 27.0. The molecule has 0 aromatic heterocycles. The quantitative estimate of drug-likeness (QED) is 0.170. The molecule has 1 aliphatic rings. The van der Waals surface area contributed by atoms with Crippen LogP contribution >= 0.6 is 0 Å². The van der Waals surface area contributed by atoms with E-state index in [9.17, 15) is 28.8 Å². The molecular weight excluding hydrogens is 494 g/mol. The number of hydrogen-bond acceptors (Lipinski definition) is 8. The fraction of sp³-hybridized carbons (Fsp3) is 0.0400. The predicted octanol–water partition coefficient (Wildman–Crippen LogP) is 0.770. The molecule has 0 unspecified atom stereocenters. The van der Waals surface area contributed by atoms with Crippen LogP contribution < -0.4 is 19.2 Å². The highest BCUT2D eigenvalue weighted by molar-refractivity contribution is 6.36. The summed E-state index contributed by atoms with van der Waals surface area (Å²) >= 11 is 2.35. The smallest absolute Gasteiger partial charge is 0.343 e. The number of rotatable bonds is 6. The van der Waals surface area contributed by atoms with E-state index in [1.54, 1.807) is 0 Å². The molecule has 3 aromatic rings. The van der Waals surface area contributed by atoms with E-state index in [1.165, 1.54) is 61.6 Å². The molecule has 37 heavy (non-hydrogen) atoms. The van der Waals surface area contributed by atoms with Gasteiger partial charge in [-0.2, -0.15) is 0 Å². The number of esters is 2. The Morgan fingerprint density at radius 2 is 1.54 bits per heavy atom. The number of nitrogens with zero attached hydrogens (tertiary/aromatic N) is 1. The Kier molecular flexibility index (Phi) is 7.06. The van der Waals surface area contributed by atoms with Gasteiger partial charge in [0.1, 0.15) is 11.5 Å². The maximum Gasteiger partial charge on any atom is 0.343 e. The summed E-state index contributed by atoms with van der Waals surface area (Å²) in [6, 6.07) is 12.1. The van der Waals surface area contributed by atoms with E-state index in [0.29, 0.717) is 15.5 Å². The van der Waals surface area contributed by atoms with E-state index in [-0.39, 0.29) is 44.9 Å².